The molecule has 2 aliphatic rings. The Kier molecular flexibility index (Phi) is 2.51. The van der Waals surface area contributed by atoms with Crippen LogP contribution in [0.1, 0.15) is 21.5 Å². The maximum Gasteiger partial charge on any atom is 0.260 e. The van der Waals surface area contributed by atoms with Crippen LogP contribution in [-0.4, -0.2) is 18.2 Å². The van der Waals surface area contributed by atoms with Crippen LogP contribution >= 0.6 is 11.6 Å². The molecule has 0 aromatic heterocycles. The van der Waals surface area contributed by atoms with Gasteiger partial charge < -0.3 is 4.90 Å². The first-order chi connectivity index (χ1) is 10.1. The molecule has 1 amide bonds. The van der Waals surface area contributed by atoms with Crippen LogP contribution in [0.15, 0.2) is 48.5 Å². The SMILES string of the molecule is O=C1c2cccc3c2N(CC3)C(=O)C1(Cl)c1ccccc1. The Hall–Kier alpha value is -2.13. The number of anilines is 1. The monoisotopic (exact) mass is 297 g/mol. The lowest BCUT2D eigenvalue weighted by Gasteiger charge is -2.35. The fourth-order valence-electron chi connectivity index (χ4n) is 3.23. The number of carbonyl (C=O) groups excluding carboxylic acids is 2. The second-order valence-corrected chi connectivity index (χ2v) is 5.94. The maximum atomic E-state index is 12.9. The predicted octanol–water partition coefficient (Wildman–Crippen LogP) is 2.91. The highest BCUT2D eigenvalue weighted by Gasteiger charge is 2.54. The van der Waals surface area contributed by atoms with Gasteiger partial charge in [0.15, 0.2) is 5.78 Å². The molecule has 2 aromatic carbocycles. The quantitative estimate of drug-likeness (QED) is 0.599. The summed E-state index contributed by atoms with van der Waals surface area (Å²) in [5, 5.41) is 0. The Morgan fingerprint density at radius 3 is 2.52 bits per heavy atom. The predicted molar refractivity (Wildman–Crippen MR) is 80.8 cm³/mol. The lowest BCUT2D eigenvalue weighted by molar-refractivity contribution is -0.120. The molecular weight excluding hydrogens is 286 g/mol. The van der Waals surface area contributed by atoms with Crippen LogP contribution in [-0.2, 0) is 16.1 Å². The molecule has 1 unspecified atom stereocenters. The molecule has 1 atom stereocenters. The topological polar surface area (TPSA) is 37.4 Å². The first kappa shape index (κ1) is 12.6. The summed E-state index contributed by atoms with van der Waals surface area (Å²) in [6.07, 6.45) is 0.768. The minimum Gasteiger partial charge on any atom is -0.309 e. The number of rotatable bonds is 1. The molecule has 2 aromatic rings. The molecule has 0 radical (unpaired) electrons. The Balaban J connectivity index is 1.98. The van der Waals surface area contributed by atoms with Crippen LogP contribution in [0, 0.1) is 0 Å². The van der Waals surface area contributed by atoms with Gasteiger partial charge in [-0.1, -0.05) is 54.1 Å². The van der Waals surface area contributed by atoms with Crippen LogP contribution < -0.4 is 4.90 Å². The third kappa shape index (κ3) is 1.49. The molecule has 104 valence electrons. The number of para-hydroxylation sites is 1. The first-order valence-electron chi connectivity index (χ1n) is 6.87. The molecule has 21 heavy (non-hydrogen) atoms. The van der Waals surface area contributed by atoms with Gasteiger partial charge in [-0.05, 0) is 23.6 Å². The van der Waals surface area contributed by atoms with Gasteiger partial charge in [0.25, 0.3) is 5.91 Å². The van der Waals surface area contributed by atoms with Crippen molar-refractivity contribution < 1.29 is 9.59 Å². The van der Waals surface area contributed by atoms with Gasteiger partial charge in [0, 0.05) is 12.1 Å². The lowest BCUT2D eigenvalue weighted by atomic mass is 9.84. The van der Waals surface area contributed by atoms with Gasteiger partial charge in [-0.15, -0.1) is 0 Å². The van der Waals surface area contributed by atoms with Crippen molar-refractivity contribution in [1.29, 1.82) is 0 Å². The summed E-state index contributed by atoms with van der Waals surface area (Å²) in [5.74, 6) is -0.659. The van der Waals surface area contributed by atoms with Crippen LogP contribution in [0.3, 0.4) is 0 Å². The fourth-order valence-corrected chi connectivity index (χ4v) is 3.56. The summed E-state index contributed by atoms with van der Waals surface area (Å²) in [7, 11) is 0. The van der Waals surface area contributed by atoms with Crippen molar-refractivity contribution in [3.05, 3.63) is 65.2 Å². The molecule has 4 rings (SSSR count). The largest absolute Gasteiger partial charge is 0.309 e. The number of nitrogens with zero attached hydrogens (tertiary/aromatic N) is 1. The third-order valence-electron chi connectivity index (χ3n) is 4.26. The minimum atomic E-state index is -1.64. The first-order valence-corrected chi connectivity index (χ1v) is 7.25. The van der Waals surface area contributed by atoms with E-state index in [1.165, 1.54) is 0 Å². The molecule has 2 aliphatic heterocycles. The number of ketones is 1. The van der Waals surface area contributed by atoms with Crippen LogP contribution in [0.25, 0.3) is 0 Å². The molecule has 0 saturated heterocycles. The average molecular weight is 298 g/mol. The Morgan fingerprint density at radius 1 is 1.00 bits per heavy atom. The zero-order valence-electron chi connectivity index (χ0n) is 11.2. The van der Waals surface area contributed by atoms with Crippen molar-refractivity contribution in [2.75, 3.05) is 11.4 Å². The highest BCUT2D eigenvalue weighted by atomic mass is 35.5. The van der Waals surface area contributed by atoms with Crippen molar-refractivity contribution in [1.82, 2.24) is 0 Å². The summed E-state index contributed by atoms with van der Waals surface area (Å²) >= 11 is 6.59. The van der Waals surface area contributed by atoms with Gasteiger partial charge in [0.2, 0.25) is 4.87 Å². The molecule has 4 heteroatoms. The van der Waals surface area contributed by atoms with E-state index >= 15 is 0 Å². The molecular formula is C17H12ClNO2. The smallest absolute Gasteiger partial charge is 0.260 e. The fraction of sp³-hybridized carbons (Fsp3) is 0.176. The highest BCUT2D eigenvalue weighted by Crippen LogP contribution is 2.46. The van der Waals surface area contributed by atoms with Crippen molar-refractivity contribution in [2.45, 2.75) is 11.3 Å². The van der Waals surface area contributed by atoms with E-state index in [4.69, 9.17) is 11.6 Å². The zero-order chi connectivity index (χ0) is 14.6. The van der Waals surface area contributed by atoms with Crippen molar-refractivity contribution in [2.24, 2.45) is 0 Å². The van der Waals surface area contributed by atoms with Gasteiger partial charge in [-0.2, -0.15) is 0 Å². The van der Waals surface area contributed by atoms with E-state index in [2.05, 4.69) is 0 Å². The van der Waals surface area contributed by atoms with Crippen molar-refractivity contribution >= 4 is 29.0 Å². The number of hydrogen-bond acceptors (Lipinski definition) is 2. The number of amides is 1. The summed E-state index contributed by atoms with van der Waals surface area (Å²) in [5.41, 5.74) is 2.87. The summed E-state index contributed by atoms with van der Waals surface area (Å²) in [6.45, 7) is 0.583. The Bertz CT molecular complexity index is 772. The van der Waals surface area contributed by atoms with E-state index in [1.54, 1.807) is 35.2 Å². The van der Waals surface area contributed by atoms with E-state index in [0.29, 0.717) is 17.7 Å². The van der Waals surface area contributed by atoms with Crippen LogP contribution in [0.5, 0.6) is 0 Å². The minimum absolute atomic E-state index is 0.324. The number of halogens is 1. The van der Waals surface area contributed by atoms with E-state index in [9.17, 15) is 9.59 Å². The number of hydrogen-bond donors (Lipinski definition) is 0. The molecule has 0 bridgehead atoms. The number of Topliss-reactive ketones (excluding diaryl/α,β-unsaturated/α-hetero) is 1. The molecule has 0 aliphatic carbocycles. The summed E-state index contributed by atoms with van der Waals surface area (Å²) < 4.78 is 0. The van der Waals surface area contributed by atoms with E-state index in [-0.39, 0.29) is 11.7 Å². The van der Waals surface area contributed by atoms with Crippen LogP contribution in [0.2, 0.25) is 0 Å². The van der Waals surface area contributed by atoms with Crippen molar-refractivity contribution in [3.63, 3.8) is 0 Å². The molecule has 0 saturated carbocycles. The Morgan fingerprint density at radius 2 is 1.76 bits per heavy atom. The maximum absolute atomic E-state index is 12.9. The van der Waals surface area contributed by atoms with Gasteiger partial charge in [-0.3, -0.25) is 9.59 Å². The standard InChI is InChI=1S/C17H12ClNO2/c18-17(12-6-2-1-3-7-12)15(20)13-8-4-5-11-9-10-19(14(11)13)16(17)21/h1-8H,9-10H2. The highest BCUT2D eigenvalue weighted by molar-refractivity contribution is 6.52. The second kappa shape index (κ2) is 4.18. The summed E-state index contributed by atoms with van der Waals surface area (Å²) in [4.78, 5) is 25.8. The van der Waals surface area contributed by atoms with Gasteiger partial charge in [-0.25, -0.2) is 0 Å². The number of carbonyl (C=O) groups is 2. The van der Waals surface area contributed by atoms with Gasteiger partial charge in [0.05, 0.1) is 5.69 Å². The molecule has 0 spiro atoms. The molecule has 3 nitrogen and oxygen atoms in total. The molecule has 2 heterocycles. The van der Waals surface area contributed by atoms with Crippen molar-refractivity contribution in [3.8, 4) is 0 Å². The van der Waals surface area contributed by atoms with Gasteiger partial charge >= 0.3 is 0 Å². The van der Waals surface area contributed by atoms with E-state index in [1.807, 2.05) is 18.2 Å². The third-order valence-corrected chi connectivity index (χ3v) is 4.81. The number of alkyl halides is 1. The van der Waals surface area contributed by atoms with Crippen LogP contribution in [0.4, 0.5) is 5.69 Å². The molecule has 0 fully saturated rings. The normalized spacial score (nSPS) is 23.4. The zero-order valence-corrected chi connectivity index (χ0v) is 11.9. The average Bonchev–Trinajstić information content (AvgIpc) is 2.96. The van der Waals surface area contributed by atoms with Gasteiger partial charge in [0.1, 0.15) is 0 Å². The van der Waals surface area contributed by atoms with E-state index < -0.39 is 4.87 Å². The lowest BCUT2D eigenvalue weighted by Crippen LogP contribution is -2.52. The number of benzene rings is 2. The Labute approximate surface area is 127 Å². The van der Waals surface area contributed by atoms with E-state index in [0.717, 1.165) is 17.7 Å². The second-order valence-electron chi connectivity index (χ2n) is 5.37. The molecule has 0 N–H and O–H groups in total. The summed E-state index contributed by atoms with van der Waals surface area (Å²) in [6, 6.07) is 14.4.